The average molecular weight is 253 g/mol. The molecular formula is C17H19NO. The van der Waals surface area contributed by atoms with Gasteiger partial charge in [-0.2, -0.15) is 0 Å². The molecule has 0 saturated heterocycles. The van der Waals surface area contributed by atoms with Crippen LogP contribution >= 0.6 is 0 Å². The first-order chi connectivity index (χ1) is 9.36. The van der Waals surface area contributed by atoms with Crippen LogP contribution in [-0.2, 0) is 11.2 Å². The average Bonchev–Trinajstić information content (AvgIpc) is 2.98. The molecule has 3 rings (SSSR count). The Labute approximate surface area is 114 Å². The van der Waals surface area contributed by atoms with Crippen LogP contribution in [0.2, 0.25) is 0 Å². The van der Waals surface area contributed by atoms with Crippen molar-refractivity contribution in [2.75, 3.05) is 13.7 Å². The Balaban J connectivity index is 1.83. The van der Waals surface area contributed by atoms with Gasteiger partial charge >= 0.3 is 0 Å². The summed E-state index contributed by atoms with van der Waals surface area (Å²) in [5.41, 5.74) is 1.34. The summed E-state index contributed by atoms with van der Waals surface area (Å²) in [5.74, 6) is 1.09. The molecule has 1 aliphatic rings. The quantitative estimate of drug-likeness (QED) is 0.903. The lowest BCUT2D eigenvalue weighted by Gasteiger charge is -2.17. The van der Waals surface area contributed by atoms with E-state index in [1.54, 1.807) is 0 Å². The van der Waals surface area contributed by atoms with Crippen LogP contribution in [0.15, 0.2) is 54.3 Å². The van der Waals surface area contributed by atoms with E-state index in [9.17, 15) is 0 Å². The van der Waals surface area contributed by atoms with E-state index < -0.39 is 0 Å². The zero-order valence-corrected chi connectivity index (χ0v) is 11.2. The van der Waals surface area contributed by atoms with Crippen LogP contribution in [0.4, 0.5) is 0 Å². The molecule has 2 nitrogen and oxygen atoms in total. The van der Waals surface area contributed by atoms with Gasteiger partial charge in [0.05, 0.1) is 12.6 Å². The third-order valence-electron chi connectivity index (χ3n) is 3.68. The first-order valence-electron chi connectivity index (χ1n) is 6.84. The Bertz CT molecular complexity index is 603. The maximum Gasteiger partial charge on any atom is 0.109 e. The van der Waals surface area contributed by atoms with Gasteiger partial charge in [-0.15, -0.1) is 0 Å². The third-order valence-corrected chi connectivity index (χ3v) is 3.68. The van der Waals surface area contributed by atoms with Gasteiger partial charge in [-0.1, -0.05) is 42.5 Å². The minimum atomic E-state index is 0.281. The Morgan fingerprint density at radius 2 is 2.00 bits per heavy atom. The molecule has 98 valence electrons. The van der Waals surface area contributed by atoms with E-state index in [1.807, 2.05) is 7.05 Å². The van der Waals surface area contributed by atoms with Gasteiger partial charge in [-0.05, 0) is 35.9 Å². The predicted molar refractivity (Wildman–Crippen MR) is 79.2 cm³/mol. The molecule has 19 heavy (non-hydrogen) atoms. The lowest BCUT2D eigenvalue weighted by Crippen LogP contribution is -2.30. The highest BCUT2D eigenvalue weighted by molar-refractivity contribution is 5.83. The molecule has 2 heteroatoms. The summed E-state index contributed by atoms with van der Waals surface area (Å²) in [6.07, 6.45) is 4.20. The fourth-order valence-electron chi connectivity index (χ4n) is 2.63. The number of likely N-dealkylation sites (N-methyl/N-ethyl adjacent to an activating group) is 1. The molecule has 1 N–H and O–H groups in total. The molecule has 1 unspecified atom stereocenters. The van der Waals surface area contributed by atoms with E-state index in [0.29, 0.717) is 0 Å². The molecule has 0 fully saturated rings. The SMILES string of the molecule is CNC(Cc1ccc2ccccc2c1)C1=CCCO1. The van der Waals surface area contributed by atoms with Crippen molar-refractivity contribution in [2.24, 2.45) is 0 Å². The molecular weight excluding hydrogens is 234 g/mol. The van der Waals surface area contributed by atoms with Crippen LogP contribution in [0.5, 0.6) is 0 Å². The first kappa shape index (κ1) is 12.2. The number of fused-ring (bicyclic) bond motifs is 1. The van der Waals surface area contributed by atoms with Crippen LogP contribution in [0.25, 0.3) is 10.8 Å². The van der Waals surface area contributed by atoms with Crippen molar-refractivity contribution in [2.45, 2.75) is 18.9 Å². The fourth-order valence-corrected chi connectivity index (χ4v) is 2.63. The number of hydrogen-bond acceptors (Lipinski definition) is 2. The van der Waals surface area contributed by atoms with Crippen molar-refractivity contribution in [3.8, 4) is 0 Å². The van der Waals surface area contributed by atoms with Crippen molar-refractivity contribution in [3.63, 3.8) is 0 Å². The second kappa shape index (κ2) is 5.45. The normalized spacial score (nSPS) is 16.2. The summed E-state index contributed by atoms with van der Waals surface area (Å²) in [4.78, 5) is 0. The molecule has 0 spiro atoms. The van der Waals surface area contributed by atoms with Crippen LogP contribution in [-0.4, -0.2) is 19.7 Å². The number of benzene rings is 2. The minimum absolute atomic E-state index is 0.281. The molecule has 1 heterocycles. The highest BCUT2D eigenvalue weighted by Crippen LogP contribution is 2.20. The van der Waals surface area contributed by atoms with E-state index in [4.69, 9.17) is 4.74 Å². The van der Waals surface area contributed by atoms with Crippen molar-refractivity contribution in [1.82, 2.24) is 5.32 Å². The van der Waals surface area contributed by atoms with Crippen molar-refractivity contribution < 1.29 is 4.74 Å². The van der Waals surface area contributed by atoms with E-state index in [-0.39, 0.29) is 6.04 Å². The number of ether oxygens (including phenoxy) is 1. The predicted octanol–water partition coefficient (Wildman–Crippen LogP) is 3.27. The molecule has 0 saturated carbocycles. The summed E-state index contributed by atoms with van der Waals surface area (Å²) in [6.45, 7) is 0.825. The second-order valence-electron chi connectivity index (χ2n) is 4.97. The van der Waals surface area contributed by atoms with Gasteiger partial charge in [0.1, 0.15) is 5.76 Å². The van der Waals surface area contributed by atoms with Gasteiger partial charge in [-0.25, -0.2) is 0 Å². The Hall–Kier alpha value is -1.80. The lowest BCUT2D eigenvalue weighted by molar-refractivity contribution is 0.217. The van der Waals surface area contributed by atoms with Crippen LogP contribution < -0.4 is 5.32 Å². The van der Waals surface area contributed by atoms with Crippen molar-refractivity contribution >= 4 is 10.8 Å². The van der Waals surface area contributed by atoms with E-state index in [1.165, 1.54) is 16.3 Å². The van der Waals surface area contributed by atoms with Crippen LogP contribution in [0, 0.1) is 0 Å². The van der Waals surface area contributed by atoms with Gasteiger partial charge in [-0.3, -0.25) is 0 Å². The fraction of sp³-hybridized carbons (Fsp3) is 0.294. The van der Waals surface area contributed by atoms with Crippen LogP contribution in [0.3, 0.4) is 0 Å². The minimum Gasteiger partial charge on any atom is -0.496 e. The number of hydrogen-bond donors (Lipinski definition) is 1. The highest BCUT2D eigenvalue weighted by atomic mass is 16.5. The molecule has 0 aromatic heterocycles. The number of rotatable bonds is 4. The largest absolute Gasteiger partial charge is 0.496 e. The molecule has 1 aliphatic heterocycles. The van der Waals surface area contributed by atoms with Gasteiger partial charge in [0.15, 0.2) is 0 Å². The highest BCUT2D eigenvalue weighted by Gasteiger charge is 2.17. The standard InChI is InChI=1S/C17H19NO/c1-18-16(17-7-4-10-19-17)12-13-8-9-14-5-2-3-6-15(14)11-13/h2-3,5-9,11,16,18H,4,10,12H2,1H3. The molecule has 0 amide bonds. The molecule has 2 aromatic rings. The topological polar surface area (TPSA) is 21.3 Å². The Morgan fingerprint density at radius 1 is 1.16 bits per heavy atom. The maximum absolute atomic E-state index is 5.66. The van der Waals surface area contributed by atoms with Crippen molar-refractivity contribution in [3.05, 3.63) is 59.9 Å². The van der Waals surface area contributed by atoms with Gasteiger partial charge in [0, 0.05) is 6.42 Å². The third kappa shape index (κ3) is 2.64. The summed E-state index contributed by atoms with van der Waals surface area (Å²) < 4.78 is 5.66. The van der Waals surface area contributed by atoms with E-state index in [0.717, 1.165) is 25.2 Å². The second-order valence-corrected chi connectivity index (χ2v) is 4.97. The molecule has 2 aromatic carbocycles. The zero-order chi connectivity index (χ0) is 13.1. The lowest BCUT2D eigenvalue weighted by atomic mass is 10.0. The van der Waals surface area contributed by atoms with Crippen molar-refractivity contribution in [1.29, 1.82) is 0 Å². The van der Waals surface area contributed by atoms with Gasteiger partial charge in [0.2, 0.25) is 0 Å². The number of nitrogens with one attached hydrogen (secondary N) is 1. The van der Waals surface area contributed by atoms with E-state index >= 15 is 0 Å². The Kier molecular flexibility index (Phi) is 3.51. The van der Waals surface area contributed by atoms with Gasteiger partial charge < -0.3 is 10.1 Å². The monoisotopic (exact) mass is 253 g/mol. The van der Waals surface area contributed by atoms with Gasteiger partial charge in [0.25, 0.3) is 0 Å². The summed E-state index contributed by atoms with van der Waals surface area (Å²) in [5, 5.41) is 5.94. The summed E-state index contributed by atoms with van der Waals surface area (Å²) in [7, 11) is 1.99. The molecule has 0 bridgehead atoms. The summed E-state index contributed by atoms with van der Waals surface area (Å²) in [6, 6.07) is 15.4. The maximum atomic E-state index is 5.66. The molecule has 0 radical (unpaired) electrons. The van der Waals surface area contributed by atoms with Crippen LogP contribution in [0.1, 0.15) is 12.0 Å². The summed E-state index contributed by atoms with van der Waals surface area (Å²) >= 11 is 0. The zero-order valence-electron chi connectivity index (χ0n) is 11.2. The molecule has 0 aliphatic carbocycles. The Morgan fingerprint density at radius 3 is 2.74 bits per heavy atom. The van der Waals surface area contributed by atoms with E-state index in [2.05, 4.69) is 53.9 Å². The molecule has 1 atom stereocenters. The first-order valence-corrected chi connectivity index (χ1v) is 6.84. The smallest absolute Gasteiger partial charge is 0.109 e.